The molecule has 0 aliphatic carbocycles. The molecule has 0 unspecified atom stereocenters. The molecule has 31 heavy (non-hydrogen) atoms. The maximum Gasteiger partial charge on any atom is 0.295 e. The van der Waals surface area contributed by atoms with E-state index < -0.39 is 5.56 Å². The molecule has 3 aromatic heterocycles. The lowest BCUT2D eigenvalue weighted by Crippen LogP contribution is -2.23. The molecule has 1 aromatic carbocycles. The number of ether oxygens (including phenoxy) is 1. The zero-order valence-electron chi connectivity index (χ0n) is 16.3. The number of anilines is 2. The average molecular weight is 455 g/mol. The summed E-state index contributed by atoms with van der Waals surface area (Å²) >= 11 is 12.2. The van der Waals surface area contributed by atoms with Gasteiger partial charge in [0, 0.05) is 28.7 Å². The molecule has 8 nitrogen and oxygen atoms in total. The summed E-state index contributed by atoms with van der Waals surface area (Å²) in [4.78, 5) is 25.6. The minimum absolute atomic E-state index is 0.0564. The van der Waals surface area contributed by atoms with E-state index in [-0.39, 0.29) is 10.8 Å². The quantitative estimate of drug-likeness (QED) is 0.456. The first-order valence-corrected chi connectivity index (χ1v) is 10.0. The maximum atomic E-state index is 12.6. The molecule has 3 heterocycles. The second-order valence-corrected chi connectivity index (χ2v) is 7.09. The van der Waals surface area contributed by atoms with Gasteiger partial charge in [-0.1, -0.05) is 29.3 Å². The van der Waals surface area contributed by atoms with E-state index in [2.05, 4.69) is 25.4 Å². The van der Waals surface area contributed by atoms with E-state index >= 15 is 0 Å². The van der Waals surface area contributed by atoms with Gasteiger partial charge in [0.2, 0.25) is 5.95 Å². The molecule has 0 saturated carbocycles. The minimum atomic E-state index is -0.525. The van der Waals surface area contributed by atoms with Crippen LogP contribution in [0.15, 0.2) is 65.8 Å². The van der Waals surface area contributed by atoms with Crippen LogP contribution >= 0.6 is 23.2 Å². The Morgan fingerprint density at radius 2 is 1.94 bits per heavy atom. The van der Waals surface area contributed by atoms with Crippen molar-refractivity contribution in [2.75, 3.05) is 11.9 Å². The van der Waals surface area contributed by atoms with Crippen molar-refractivity contribution >= 4 is 34.8 Å². The Balaban J connectivity index is 1.66. The molecule has 156 valence electrons. The van der Waals surface area contributed by atoms with Gasteiger partial charge in [0.15, 0.2) is 16.6 Å². The van der Waals surface area contributed by atoms with Gasteiger partial charge in [-0.2, -0.15) is 9.78 Å². The molecule has 0 amide bonds. The Bertz CT molecular complexity index is 1290. The number of hydrogen-bond acceptors (Lipinski definition) is 7. The number of hydrogen-bond donors (Lipinski definition) is 1. The van der Waals surface area contributed by atoms with Crippen molar-refractivity contribution in [1.82, 2.24) is 24.7 Å². The van der Waals surface area contributed by atoms with Crippen molar-refractivity contribution in [3.05, 3.63) is 81.5 Å². The van der Waals surface area contributed by atoms with Crippen LogP contribution in [0.5, 0.6) is 5.75 Å². The number of nitrogens with one attached hydrogen (secondary N) is 1. The first kappa shape index (κ1) is 20.8. The summed E-state index contributed by atoms with van der Waals surface area (Å²) < 4.78 is 6.42. The Hall–Kier alpha value is -3.49. The van der Waals surface area contributed by atoms with Crippen LogP contribution in [0.4, 0.5) is 11.6 Å². The van der Waals surface area contributed by atoms with Gasteiger partial charge in [0.25, 0.3) is 5.56 Å². The molecule has 10 heteroatoms. The van der Waals surface area contributed by atoms with Crippen LogP contribution in [-0.4, -0.2) is 31.3 Å². The van der Waals surface area contributed by atoms with Gasteiger partial charge in [-0.15, -0.1) is 0 Å². The van der Waals surface area contributed by atoms with Crippen LogP contribution in [0.3, 0.4) is 0 Å². The van der Waals surface area contributed by atoms with E-state index in [9.17, 15) is 4.79 Å². The molecule has 0 spiro atoms. The lowest BCUT2D eigenvalue weighted by molar-refractivity contribution is 0.337. The fraction of sp³-hybridized carbons (Fsp3) is 0.0952. The molecule has 0 saturated heterocycles. The predicted molar refractivity (Wildman–Crippen MR) is 120 cm³/mol. The van der Waals surface area contributed by atoms with Crippen molar-refractivity contribution in [3.63, 3.8) is 0 Å². The zero-order valence-corrected chi connectivity index (χ0v) is 17.8. The Kier molecular flexibility index (Phi) is 6.11. The van der Waals surface area contributed by atoms with Crippen molar-refractivity contribution in [2.45, 2.75) is 6.92 Å². The fourth-order valence-corrected chi connectivity index (χ4v) is 3.18. The van der Waals surface area contributed by atoms with E-state index in [1.54, 1.807) is 49.6 Å². The Labute approximate surface area is 187 Å². The molecule has 0 fully saturated rings. The normalized spacial score (nSPS) is 10.7. The third-order valence-electron chi connectivity index (χ3n) is 4.18. The maximum absolute atomic E-state index is 12.6. The monoisotopic (exact) mass is 454 g/mol. The van der Waals surface area contributed by atoms with Gasteiger partial charge in [0.05, 0.1) is 18.5 Å². The standard InChI is InChI=1S/C21H16Cl2N6O2/c1-2-31-17-12-26-29(20(30)19(17)23)18-10-13(6-8-24-18)16-7-9-25-21(28-16)27-15-5-3-4-14(22)11-15/h3-12H,2H2,1H3,(H,25,27,28). The van der Waals surface area contributed by atoms with Gasteiger partial charge in [-0.05, 0) is 43.3 Å². The van der Waals surface area contributed by atoms with Crippen LogP contribution in [0.2, 0.25) is 10.0 Å². The number of aromatic nitrogens is 5. The topological polar surface area (TPSA) is 94.8 Å². The summed E-state index contributed by atoms with van der Waals surface area (Å²) in [5.74, 6) is 0.932. The van der Waals surface area contributed by atoms with Crippen molar-refractivity contribution in [3.8, 4) is 22.8 Å². The highest BCUT2D eigenvalue weighted by Crippen LogP contribution is 2.23. The Morgan fingerprint density at radius 1 is 1.10 bits per heavy atom. The lowest BCUT2D eigenvalue weighted by atomic mass is 10.2. The third-order valence-corrected chi connectivity index (χ3v) is 4.76. The van der Waals surface area contributed by atoms with E-state index in [4.69, 9.17) is 27.9 Å². The predicted octanol–water partition coefficient (Wildman–Crippen LogP) is 4.53. The number of halogens is 2. The average Bonchev–Trinajstić information content (AvgIpc) is 2.77. The third kappa shape index (κ3) is 4.65. The fourth-order valence-electron chi connectivity index (χ4n) is 2.81. The summed E-state index contributed by atoms with van der Waals surface area (Å²) in [6, 6.07) is 12.5. The number of benzene rings is 1. The highest BCUT2D eigenvalue weighted by molar-refractivity contribution is 6.31. The minimum Gasteiger partial charge on any atom is -0.490 e. The van der Waals surface area contributed by atoms with Gasteiger partial charge in [-0.25, -0.2) is 15.0 Å². The van der Waals surface area contributed by atoms with E-state index in [0.29, 0.717) is 29.1 Å². The SMILES string of the molecule is CCOc1cnn(-c2cc(-c3ccnc(Nc4cccc(Cl)c4)n3)ccn2)c(=O)c1Cl. The number of rotatable bonds is 6. The van der Waals surface area contributed by atoms with Crippen LogP contribution in [0, 0.1) is 0 Å². The first-order valence-electron chi connectivity index (χ1n) is 9.28. The van der Waals surface area contributed by atoms with Crippen LogP contribution < -0.4 is 15.6 Å². The molecule has 4 aromatic rings. The summed E-state index contributed by atoms with van der Waals surface area (Å²) in [6.45, 7) is 2.17. The number of pyridine rings is 1. The highest BCUT2D eigenvalue weighted by atomic mass is 35.5. The summed E-state index contributed by atoms with van der Waals surface area (Å²) in [6.07, 6.45) is 4.59. The first-order chi connectivity index (χ1) is 15.0. The molecule has 1 N–H and O–H groups in total. The molecule has 0 aliphatic rings. The van der Waals surface area contributed by atoms with Crippen molar-refractivity contribution in [1.29, 1.82) is 0 Å². The van der Waals surface area contributed by atoms with Gasteiger partial charge < -0.3 is 10.1 Å². The molecule has 0 atom stereocenters. The summed E-state index contributed by atoms with van der Waals surface area (Å²) in [5, 5.41) is 7.78. The highest BCUT2D eigenvalue weighted by Gasteiger charge is 2.13. The van der Waals surface area contributed by atoms with Gasteiger partial charge in [-0.3, -0.25) is 4.79 Å². The van der Waals surface area contributed by atoms with E-state index in [1.165, 1.54) is 6.20 Å². The van der Waals surface area contributed by atoms with Crippen molar-refractivity contribution < 1.29 is 4.74 Å². The molecule has 4 rings (SSSR count). The molecular weight excluding hydrogens is 439 g/mol. The molecular formula is C21H16Cl2N6O2. The smallest absolute Gasteiger partial charge is 0.295 e. The second kappa shape index (κ2) is 9.11. The molecule has 0 radical (unpaired) electrons. The van der Waals surface area contributed by atoms with Gasteiger partial charge >= 0.3 is 0 Å². The largest absolute Gasteiger partial charge is 0.490 e. The van der Waals surface area contributed by atoms with Crippen LogP contribution in [0.1, 0.15) is 6.92 Å². The zero-order chi connectivity index (χ0) is 21.8. The second-order valence-electron chi connectivity index (χ2n) is 6.28. The Morgan fingerprint density at radius 3 is 2.74 bits per heavy atom. The summed E-state index contributed by atoms with van der Waals surface area (Å²) in [7, 11) is 0. The molecule has 0 bridgehead atoms. The van der Waals surface area contributed by atoms with Crippen LogP contribution in [0.25, 0.3) is 17.1 Å². The number of nitrogens with zero attached hydrogens (tertiary/aromatic N) is 5. The van der Waals surface area contributed by atoms with Crippen LogP contribution in [-0.2, 0) is 0 Å². The lowest BCUT2D eigenvalue weighted by Gasteiger charge is -2.10. The van der Waals surface area contributed by atoms with E-state index in [0.717, 1.165) is 15.9 Å². The molecule has 0 aliphatic heterocycles. The van der Waals surface area contributed by atoms with Crippen molar-refractivity contribution in [2.24, 2.45) is 0 Å². The summed E-state index contributed by atoms with van der Waals surface area (Å²) in [5.41, 5.74) is 1.59. The van der Waals surface area contributed by atoms with Gasteiger partial charge in [0.1, 0.15) is 0 Å². The van der Waals surface area contributed by atoms with E-state index in [1.807, 2.05) is 12.1 Å².